The largest absolute Gasteiger partial charge is 0.465 e. The van der Waals surface area contributed by atoms with E-state index in [2.05, 4.69) is 6.92 Å². The minimum atomic E-state index is -1.00. The Labute approximate surface area is 116 Å². The molecule has 0 aliphatic heterocycles. The molecule has 0 saturated heterocycles. The number of nitrogens with two attached hydrogens (primary N) is 1. The summed E-state index contributed by atoms with van der Waals surface area (Å²) in [5, 5.41) is 0. The first-order valence-electron chi connectivity index (χ1n) is 7.09. The first-order chi connectivity index (χ1) is 8.94. The molecule has 0 aromatic carbocycles. The molecule has 0 heterocycles. The molecule has 0 aromatic heterocycles. The molecule has 0 aromatic rings. The van der Waals surface area contributed by atoms with Crippen molar-refractivity contribution in [3.8, 4) is 0 Å². The lowest BCUT2D eigenvalue weighted by Gasteiger charge is -2.25. The van der Waals surface area contributed by atoms with E-state index in [4.69, 9.17) is 19.9 Å². The number of hydrogen-bond donors (Lipinski definition) is 1. The van der Waals surface area contributed by atoms with Crippen molar-refractivity contribution >= 4 is 5.97 Å². The van der Waals surface area contributed by atoms with Crippen molar-refractivity contribution in [3.63, 3.8) is 0 Å². The first kappa shape index (κ1) is 18.4. The highest BCUT2D eigenvalue weighted by Gasteiger charge is 2.32. The van der Waals surface area contributed by atoms with Gasteiger partial charge in [-0.3, -0.25) is 4.79 Å². The van der Waals surface area contributed by atoms with Crippen LogP contribution in [0.2, 0.25) is 0 Å². The van der Waals surface area contributed by atoms with Crippen LogP contribution in [-0.4, -0.2) is 44.0 Å². The van der Waals surface area contributed by atoms with Crippen molar-refractivity contribution in [2.45, 2.75) is 58.6 Å². The van der Waals surface area contributed by atoms with Gasteiger partial charge in [0.05, 0.1) is 25.9 Å². The summed E-state index contributed by atoms with van der Waals surface area (Å²) in [6.45, 7) is 9.66. The molecule has 0 bridgehead atoms. The van der Waals surface area contributed by atoms with Gasteiger partial charge in [0.25, 0.3) is 0 Å². The Kier molecular flexibility index (Phi) is 9.83. The molecule has 114 valence electrons. The zero-order valence-corrected chi connectivity index (χ0v) is 12.7. The van der Waals surface area contributed by atoms with E-state index in [1.165, 1.54) is 0 Å². The monoisotopic (exact) mass is 275 g/mol. The average molecular weight is 275 g/mol. The molecule has 0 amide bonds. The molecule has 0 spiro atoms. The van der Waals surface area contributed by atoms with Crippen LogP contribution in [0.4, 0.5) is 0 Å². The van der Waals surface area contributed by atoms with Gasteiger partial charge in [0.1, 0.15) is 5.54 Å². The average Bonchev–Trinajstić information content (AvgIpc) is 2.33. The van der Waals surface area contributed by atoms with Crippen LogP contribution in [-0.2, 0) is 19.0 Å². The van der Waals surface area contributed by atoms with Crippen LogP contribution in [0.1, 0.15) is 47.0 Å². The highest BCUT2D eigenvalue weighted by atomic mass is 16.5. The van der Waals surface area contributed by atoms with Crippen LogP contribution >= 0.6 is 0 Å². The van der Waals surface area contributed by atoms with Gasteiger partial charge >= 0.3 is 5.97 Å². The number of carbonyl (C=O) groups is 1. The summed E-state index contributed by atoms with van der Waals surface area (Å²) in [5.74, 6) is -0.385. The summed E-state index contributed by atoms with van der Waals surface area (Å²) in [6.07, 6.45) is 2.52. The summed E-state index contributed by atoms with van der Waals surface area (Å²) in [4.78, 5) is 11.6. The third kappa shape index (κ3) is 8.97. The second-order valence-electron chi connectivity index (χ2n) is 4.99. The maximum Gasteiger partial charge on any atom is 0.325 e. The van der Waals surface area contributed by atoms with E-state index >= 15 is 0 Å². The number of ether oxygens (including phenoxy) is 3. The van der Waals surface area contributed by atoms with Gasteiger partial charge in [-0.1, -0.05) is 13.3 Å². The molecule has 5 heteroatoms. The standard InChI is InChI=1S/C14H29NO4/c1-5-7-8-17-9-10-19-12(3)11-14(4,15)13(16)18-6-2/h12H,5-11,15H2,1-4H3. The maximum atomic E-state index is 11.6. The Morgan fingerprint density at radius 3 is 2.53 bits per heavy atom. The molecule has 0 rings (SSSR count). The van der Waals surface area contributed by atoms with E-state index in [1.807, 2.05) is 6.92 Å². The van der Waals surface area contributed by atoms with Crippen molar-refractivity contribution < 1.29 is 19.0 Å². The third-order valence-electron chi connectivity index (χ3n) is 2.73. The van der Waals surface area contributed by atoms with Gasteiger partial charge < -0.3 is 19.9 Å². The number of rotatable bonds is 11. The Balaban J connectivity index is 3.77. The van der Waals surface area contributed by atoms with Gasteiger partial charge in [0.15, 0.2) is 0 Å². The predicted molar refractivity (Wildman–Crippen MR) is 75.0 cm³/mol. The molecule has 0 fully saturated rings. The van der Waals surface area contributed by atoms with Gasteiger partial charge in [-0.2, -0.15) is 0 Å². The lowest BCUT2D eigenvalue weighted by atomic mass is 9.96. The summed E-state index contributed by atoms with van der Waals surface area (Å²) in [5.41, 5.74) is 4.93. The second kappa shape index (κ2) is 10.2. The van der Waals surface area contributed by atoms with E-state index in [-0.39, 0.29) is 12.1 Å². The second-order valence-corrected chi connectivity index (χ2v) is 4.99. The Hall–Kier alpha value is -0.650. The van der Waals surface area contributed by atoms with Gasteiger partial charge in [0.2, 0.25) is 0 Å². The van der Waals surface area contributed by atoms with Crippen LogP contribution in [0.5, 0.6) is 0 Å². The highest BCUT2D eigenvalue weighted by molar-refractivity contribution is 5.80. The normalized spacial score (nSPS) is 15.8. The van der Waals surface area contributed by atoms with Crippen LogP contribution in [0.3, 0.4) is 0 Å². The van der Waals surface area contributed by atoms with Gasteiger partial charge in [0, 0.05) is 13.0 Å². The van der Waals surface area contributed by atoms with Crippen LogP contribution in [0.25, 0.3) is 0 Å². The molecular formula is C14H29NO4. The number of esters is 1. The minimum Gasteiger partial charge on any atom is -0.465 e. The summed E-state index contributed by atoms with van der Waals surface area (Å²) in [7, 11) is 0. The summed E-state index contributed by atoms with van der Waals surface area (Å²) >= 11 is 0. The molecule has 0 saturated carbocycles. The van der Waals surface area contributed by atoms with E-state index in [1.54, 1.807) is 13.8 Å². The lowest BCUT2D eigenvalue weighted by Crippen LogP contribution is -2.48. The molecule has 2 N–H and O–H groups in total. The maximum absolute atomic E-state index is 11.6. The van der Waals surface area contributed by atoms with Crippen molar-refractivity contribution in [2.24, 2.45) is 5.73 Å². The van der Waals surface area contributed by atoms with Gasteiger partial charge in [-0.15, -0.1) is 0 Å². The topological polar surface area (TPSA) is 70.8 Å². The molecule has 5 nitrogen and oxygen atoms in total. The Bertz CT molecular complexity index is 244. The highest BCUT2D eigenvalue weighted by Crippen LogP contribution is 2.13. The lowest BCUT2D eigenvalue weighted by molar-refractivity contribution is -0.150. The molecule has 2 unspecified atom stereocenters. The van der Waals surface area contributed by atoms with Crippen molar-refractivity contribution in [2.75, 3.05) is 26.4 Å². The quantitative estimate of drug-likeness (QED) is 0.460. The fourth-order valence-electron chi connectivity index (χ4n) is 1.69. The zero-order chi connectivity index (χ0) is 14.7. The fourth-order valence-corrected chi connectivity index (χ4v) is 1.69. The van der Waals surface area contributed by atoms with E-state index in [0.29, 0.717) is 26.2 Å². The van der Waals surface area contributed by atoms with Crippen LogP contribution in [0, 0.1) is 0 Å². The zero-order valence-electron chi connectivity index (χ0n) is 12.7. The molecular weight excluding hydrogens is 246 g/mol. The Morgan fingerprint density at radius 2 is 1.95 bits per heavy atom. The van der Waals surface area contributed by atoms with E-state index < -0.39 is 5.54 Å². The SMILES string of the molecule is CCCCOCCOC(C)CC(C)(N)C(=O)OCC. The van der Waals surface area contributed by atoms with Crippen LogP contribution < -0.4 is 5.73 Å². The first-order valence-corrected chi connectivity index (χ1v) is 7.09. The number of unbranched alkanes of at least 4 members (excludes halogenated alkanes) is 1. The molecule has 0 radical (unpaired) electrons. The van der Waals surface area contributed by atoms with Crippen molar-refractivity contribution in [1.82, 2.24) is 0 Å². The van der Waals surface area contributed by atoms with E-state index in [9.17, 15) is 4.79 Å². The fraction of sp³-hybridized carbons (Fsp3) is 0.929. The third-order valence-corrected chi connectivity index (χ3v) is 2.73. The predicted octanol–water partition coefficient (Wildman–Crippen LogP) is 1.88. The summed E-state index contributed by atoms with van der Waals surface area (Å²) in [6, 6.07) is 0. The number of hydrogen-bond acceptors (Lipinski definition) is 5. The van der Waals surface area contributed by atoms with E-state index in [0.717, 1.165) is 19.4 Å². The van der Waals surface area contributed by atoms with Crippen LogP contribution in [0.15, 0.2) is 0 Å². The summed E-state index contributed by atoms with van der Waals surface area (Å²) < 4.78 is 15.9. The van der Waals surface area contributed by atoms with Gasteiger partial charge in [-0.25, -0.2) is 0 Å². The van der Waals surface area contributed by atoms with Crippen molar-refractivity contribution in [3.05, 3.63) is 0 Å². The molecule has 0 aliphatic carbocycles. The van der Waals surface area contributed by atoms with Crippen molar-refractivity contribution in [1.29, 1.82) is 0 Å². The number of carbonyl (C=O) groups excluding carboxylic acids is 1. The minimum absolute atomic E-state index is 0.103. The smallest absolute Gasteiger partial charge is 0.325 e. The Morgan fingerprint density at radius 1 is 1.26 bits per heavy atom. The molecule has 19 heavy (non-hydrogen) atoms. The van der Waals surface area contributed by atoms with Gasteiger partial charge in [-0.05, 0) is 27.2 Å². The molecule has 0 aliphatic rings. The molecule has 2 atom stereocenters.